The zero-order valence-electron chi connectivity index (χ0n) is 12.8. The Bertz CT molecular complexity index is 533. The average Bonchev–Trinajstić information content (AvgIpc) is 2.47. The summed E-state index contributed by atoms with van der Waals surface area (Å²) in [5.41, 5.74) is -0.550. The van der Waals surface area contributed by atoms with Gasteiger partial charge in [-0.25, -0.2) is 0 Å². The first-order valence-corrected chi connectivity index (χ1v) is 7.18. The van der Waals surface area contributed by atoms with Crippen molar-refractivity contribution in [1.29, 1.82) is 0 Å². The predicted molar refractivity (Wildman–Crippen MR) is 72.9 cm³/mol. The third kappa shape index (κ3) is 2.33. The zero-order valence-corrected chi connectivity index (χ0v) is 12.8. The van der Waals surface area contributed by atoms with E-state index < -0.39 is 17.7 Å². The minimum Gasteiger partial charge on any atom is -0.323 e. The van der Waals surface area contributed by atoms with Gasteiger partial charge in [-0.05, 0) is 17.5 Å². The van der Waals surface area contributed by atoms with Crippen molar-refractivity contribution < 1.29 is 27.4 Å². The molecule has 0 amide bonds. The lowest BCUT2D eigenvalue weighted by atomic mass is 9.67. The summed E-state index contributed by atoms with van der Waals surface area (Å²) in [6.45, 7) is 7.66. The third-order valence-electron chi connectivity index (χ3n) is 4.77. The highest BCUT2D eigenvalue weighted by atomic mass is 19.4. The van der Waals surface area contributed by atoms with Crippen LogP contribution in [0.15, 0.2) is 24.3 Å². The Morgan fingerprint density at radius 2 is 1.32 bits per heavy atom. The second-order valence-corrected chi connectivity index (χ2v) is 7.03. The highest BCUT2D eigenvalue weighted by molar-refractivity contribution is 5.27. The van der Waals surface area contributed by atoms with Crippen LogP contribution in [-0.4, -0.2) is 19.8 Å². The van der Waals surface area contributed by atoms with Crippen LogP contribution in [0.1, 0.15) is 31.9 Å². The molecule has 3 aliphatic rings. The predicted octanol–water partition coefficient (Wildman–Crippen LogP) is 3.93. The van der Waals surface area contributed by atoms with Gasteiger partial charge in [0, 0.05) is 11.0 Å². The summed E-state index contributed by atoms with van der Waals surface area (Å²) < 4.78 is 55.2. The van der Waals surface area contributed by atoms with Gasteiger partial charge in [-0.15, -0.1) is 0 Å². The van der Waals surface area contributed by atoms with Crippen LogP contribution >= 0.6 is 0 Å². The molecule has 6 heteroatoms. The Morgan fingerprint density at radius 3 is 1.68 bits per heavy atom. The number of hydrogen-bond donors (Lipinski definition) is 0. The lowest BCUT2D eigenvalue weighted by Crippen LogP contribution is -2.62. The molecule has 0 aliphatic carbocycles. The molecule has 22 heavy (non-hydrogen) atoms. The summed E-state index contributed by atoms with van der Waals surface area (Å²) in [5.74, 6) is -1.38. The van der Waals surface area contributed by atoms with Crippen molar-refractivity contribution in [2.24, 2.45) is 10.8 Å². The van der Waals surface area contributed by atoms with E-state index in [0.717, 1.165) is 12.1 Å². The Kier molecular flexibility index (Phi) is 3.36. The van der Waals surface area contributed by atoms with Crippen LogP contribution in [-0.2, 0) is 26.4 Å². The fraction of sp³-hybridized carbons (Fsp3) is 0.625. The molecule has 0 aromatic heterocycles. The molecular weight excluding hydrogens is 297 g/mol. The van der Waals surface area contributed by atoms with Crippen LogP contribution in [0.4, 0.5) is 13.2 Å². The lowest BCUT2D eigenvalue weighted by Gasteiger charge is -2.56. The van der Waals surface area contributed by atoms with Gasteiger partial charge < -0.3 is 14.2 Å². The van der Waals surface area contributed by atoms with E-state index in [2.05, 4.69) is 20.8 Å². The van der Waals surface area contributed by atoms with Gasteiger partial charge in [-0.3, -0.25) is 0 Å². The van der Waals surface area contributed by atoms with E-state index in [1.165, 1.54) is 12.1 Å². The normalized spacial score (nSPS) is 32.3. The topological polar surface area (TPSA) is 27.7 Å². The molecule has 0 unspecified atom stereocenters. The Labute approximate surface area is 127 Å². The molecule has 0 saturated carbocycles. The minimum atomic E-state index is -4.36. The van der Waals surface area contributed by atoms with Crippen LogP contribution in [0.25, 0.3) is 0 Å². The quantitative estimate of drug-likeness (QED) is 0.786. The standard InChI is InChI=1S/C16H19F3O3/c1-13(2,3)14-8-20-16(21-9-14,22-10-14)12-6-4-11(5-7-12)15(17,18)19/h4-7H,8-10H2,1-3H3. The number of alkyl halides is 3. The molecule has 0 radical (unpaired) electrons. The first-order chi connectivity index (χ1) is 10.1. The molecule has 2 bridgehead atoms. The van der Waals surface area contributed by atoms with Crippen molar-refractivity contribution in [2.75, 3.05) is 19.8 Å². The summed E-state index contributed by atoms with van der Waals surface area (Å²) in [6, 6.07) is 4.72. The highest BCUT2D eigenvalue weighted by Crippen LogP contribution is 2.52. The molecule has 1 aromatic carbocycles. The van der Waals surface area contributed by atoms with Crippen LogP contribution in [0, 0.1) is 10.8 Å². The second kappa shape index (κ2) is 4.69. The number of hydrogen-bond acceptors (Lipinski definition) is 3. The summed E-state index contributed by atoms with van der Waals surface area (Å²) in [4.78, 5) is 0. The first-order valence-electron chi connectivity index (χ1n) is 7.18. The number of benzene rings is 1. The van der Waals surface area contributed by atoms with Crippen LogP contribution < -0.4 is 0 Å². The SMILES string of the molecule is CC(C)(C)C12COC(c3ccc(C(F)(F)F)cc3)(OC1)OC2. The number of fused-ring (bicyclic) bond motifs is 3. The maximum atomic E-state index is 12.6. The van der Waals surface area contributed by atoms with Gasteiger partial charge in [-0.1, -0.05) is 32.9 Å². The van der Waals surface area contributed by atoms with Crippen molar-refractivity contribution in [1.82, 2.24) is 0 Å². The fourth-order valence-electron chi connectivity index (χ4n) is 2.71. The van der Waals surface area contributed by atoms with Gasteiger partial charge in [0.05, 0.1) is 25.4 Å². The van der Waals surface area contributed by atoms with Gasteiger partial charge >= 0.3 is 12.1 Å². The zero-order chi connectivity index (χ0) is 16.2. The first kappa shape index (κ1) is 15.8. The third-order valence-corrected chi connectivity index (χ3v) is 4.77. The second-order valence-electron chi connectivity index (χ2n) is 7.03. The maximum Gasteiger partial charge on any atom is 0.416 e. The highest BCUT2D eigenvalue weighted by Gasteiger charge is 2.58. The number of ether oxygens (including phenoxy) is 3. The van der Waals surface area contributed by atoms with E-state index in [1.807, 2.05) is 0 Å². The lowest BCUT2D eigenvalue weighted by molar-refractivity contribution is -0.489. The van der Waals surface area contributed by atoms with E-state index in [9.17, 15) is 13.2 Å². The van der Waals surface area contributed by atoms with Crippen LogP contribution in [0.5, 0.6) is 0 Å². The van der Waals surface area contributed by atoms with E-state index in [1.54, 1.807) is 0 Å². The summed E-state index contributed by atoms with van der Waals surface area (Å²) in [5, 5.41) is 0. The average molecular weight is 316 g/mol. The van der Waals surface area contributed by atoms with E-state index in [-0.39, 0.29) is 10.8 Å². The van der Waals surface area contributed by atoms with Gasteiger partial charge in [0.2, 0.25) is 0 Å². The summed E-state index contributed by atoms with van der Waals surface area (Å²) >= 11 is 0. The van der Waals surface area contributed by atoms with Crippen LogP contribution in [0.2, 0.25) is 0 Å². The van der Waals surface area contributed by atoms with Gasteiger partial charge in [0.25, 0.3) is 0 Å². The summed E-state index contributed by atoms with van der Waals surface area (Å²) in [7, 11) is 0. The van der Waals surface area contributed by atoms with Crippen molar-refractivity contribution in [3.05, 3.63) is 35.4 Å². The molecular formula is C16H19F3O3. The van der Waals surface area contributed by atoms with Crippen LogP contribution in [0.3, 0.4) is 0 Å². The van der Waals surface area contributed by atoms with Crippen molar-refractivity contribution >= 4 is 0 Å². The van der Waals surface area contributed by atoms with Crippen molar-refractivity contribution in [3.63, 3.8) is 0 Å². The van der Waals surface area contributed by atoms with E-state index >= 15 is 0 Å². The van der Waals surface area contributed by atoms with Gasteiger partial charge in [-0.2, -0.15) is 13.2 Å². The molecule has 0 N–H and O–H groups in total. The van der Waals surface area contributed by atoms with E-state index in [4.69, 9.17) is 14.2 Å². The molecule has 0 spiro atoms. The van der Waals surface area contributed by atoms with Gasteiger partial charge in [0.1, 0.15) is 0 Å². The largest absolute Gasteiger partial charge is 0.416 e. The van der Waals surface area contributed by atoms with Crippen molar-refractivity contribution in [3.8, 4) is 0 Å². The molecule has 1 aromatic rings. The molecule has 3 aliphatic heterocycles. The van der Waals surface area contributed by atoms with E-state index in [0.29, 0.717) is 25.4 Å². The minimum absolute atomic E-state index is 0.0558. The molecule has 122 valence electrons. The smallest absolute Gasteiger partial charge is 0.323 e. The molecule has 3 fully saturated rings. The number of halogens is 3. The Morgan fingerprint density at radius 1 is 0.864 bits per heavy atom. The fourth-order valence-corrected chi connectivity index (χ4v) is 2.71. The molecule has 3 heterocycles. The molecule has 0 atom stereocenters. The Balaban J connectivity index is 1.83. The molecule has 4 rings (SSSR count). The monoisotopic (exact) mass is 316 g/mol. The maximum absolute atomic E-state index is 12.6. The van der Waals surface area contributed by atoms with Crippen molar-refractivity contribution in [2.45, 2.75) is 32.9 Å². The number of rotatable bonds is 1. The molecule has 3 saturated heterocycles. The summed E-state index contributed by atoms with van der Waals surface area (Å²) in [6.07, 6.45) is -4.36. The van der Waals surface area contributed by atoms with Gasteiger partial charge in [0.15, 0.2) is 0 Å². The molecule has 3 nitrogen and oxygen atoms in total. The Hall–Kier alpha value is -1.11.